The smallest absolute Gasteiger partial charge is 0.376 e. The van der Waals surface area contributed by atoms with Gasteiger partial charge in [0.15, 0.2) is 0 Å². The van der Waals surface area contributed by atoms with Crippen LogP contribution < -0.4 is 5.32 Å². The fraction of sp³-hybridized carbons (Fsp3) is 0.222. The molecule has 6 heteroatoms. The van der Waals surface area contributed by atoms with Crippen LogP contribution in [-0.2, 0) is 11.0 Å². The molecular formula is C9H6F3NOS. The summed E-state index contributed by atoms with van der Waals surface area (Å²) in [7, 11) is 0. The van der Waals surface area contributed by atoms with Gasteiger partial charge in [0.2, 0.25) is 5.12 Å². The number of carbonyl (C=O) groups excluding carboxylic acids is 1. The molecular weight excluding hydrogens is 227 g/mol. The van der Waals surface area contributed by atoms with Gasteiger partial charge in [-0.3, -0.25) is 4.79 Å². The normalized spacial score (nSPS) is 15.8. The minimum atomic E-state index is -4.39. The maximum absolute atomic E-state index is 12.5. The fourth-order valence-corrected chi connectivity index (χ4v) is 2.17. The molecule has 0 spiro atoms. The molecule has 0 amide bonds. The number of para-hydroxylation sites is 1. The Hall–Kier alpha value is -1.17. The van der Waals surface area contributed by atoms with E-state index in [0.717, 1.165) is 17.8 Å². The van der Waals surface area contributed by atoms with Crippen molar-refractivity contribution in [2.45, 2.75) is 11.1 Å². The SMILES string of the molecule is O=C1CNc2c(cccc2C(F)(F)F)S1. The number of nitrogens with one attached hydrogen (secondary N) is 1. The highest BCUT2D eigenvalue weighted by molar-refractivity contribution is 8.14. The van der Waals surface area contributed by atoms with Crippen molar-refractivity contribution in [2.75, 3.05) is 11.9 Å². The summed E-state index contributed by atoms with van der Waals surface area (Å²) in [5, 5.41) is 2.32. The van der Waals surface area contributed by atoms with E-state index < -0.39 is 11.7 Å². The van der Waals surface area contributed by atoms with Gasteiger partial charge in [-0.15, -0.1) is 0 Å². The molecule has 0 aromatic heterocycles. The van der Waals surface area contributed by atoms with Gasteiger partial charge >= 0.3 is 6.18 Å². The number of hydrogen-bond acceptors (Lipinski definition) is 3. The molecule has 0 saturated heterocycles. The van der Waals surface area contributed by atoms with E-state index in [0.29, 0.717) is 4.90 Å². The third-order valence-electron chi connectivity index (χ3n) is 1.96. The van der Waals surface area contributed by atoms with E-state index in [1.165, 1.54) is 12.1 Å². The molecule has 1 N–H and O–H groups in total. The zero-order chi connectivity index (χ0) is 11.1. The molecule has 1 aromatic rings. The highest BCUT2D eigenvalue weighted by atomic mass is 32.2. The minimum absolute atomic E-state index is 0.00889. The topological polar surface area (TPSA) is 29.1 Å². The van der Waals surface area contributed by atoms with E-state index >= 15 is 0 Å². The van der Waals surface area contributed by atoms with Crippen LogP contribution in [0.25, 0.3) is 0 Å². The maximum atomic E-state index is 12.5. The van der Waals surface area contributed by atoms with Gasteiger partial charge in [0, 0.05) is 4.90 Å². The Morgan fingerprint density at radius 3 is 2.73 bits per heavy atom. The number of halogens is 3. The Balaban J connectivity index is 2.51. The van der Waals surface area contributed by atoms with Crippen LogP contribution in [-0.4, -0.2) is 11.7 Å². The van der Waals surface area contributed by atoms with Crippen LogP contribution >= 0.6 is 11.8 Å². The average Bonchev–Trinajstić information content (AvgIpc) is 2.15. The first-order valence-electron chi connectivity index (χ1n) is 4.13. The molecule has 0 fully saturated rings. The monoisotopic (exact) mass is 233 g/mol. The van der Waals surface area contributed by atoms with Gasteiger partial charge in [0.1, 0.15) is 0 Å². The largest absolute Gasteiger partial charge is 0.418 e. The van der Waals surface area contributed by atoms with Gasteiger partial charge in [0.25, 0.3) is 0 Å². The lowest BCUT2D eigenvalue weighted by molar-refractivity contribution is -0.137. The number of rotatable bonds is 0. The number of benzene rings is 1. The Bertz CT molecular complexity index is 416. The van der Waals surface area contributed by atoms with Crippen molar-refractivity contribution in [3.63, 3.8) is 0 Å². The van der Waals surface area contributed by atoms with Crippen molar-refractivity contribution in [1.82, 2.24) is 0 Å². The molecule has 15 heavy (non-hydrogen) atoms. The molecule has 0 atom stereocenters. The first kappa shape index (κ1) is 10.4. The number of hydrogen-bond donors (Lipinski definition) is 1. The van der Waals surface area contributed by atoms with Crippen LogP contribution in [0.4, 0.5) is 18.9 Å². The lowest BCUT2D eigenvalue weighted by Crippen LogP contribution is -2.20. The van der Waals surface area contributed by atoms with Crippen molar-refractivity contribution in [3.8, 4) is 0 Å². The van der Waals surface area contributed by atoms with E-state index in [9.17, 15) is 18.0 Å². The second-order valence-electron chi connectivity index (χ2n) is 3.00. The lowest BCUT2D eigenvalue weighted by atomic mass is 10.1. The number of anilines is 1. The zero-order valence-electron chi connectivity index (χ0n) is 7.39. The van der Waals surface area contributed by atoms with E-state index in [1.54, 1.807) is 0 Å². The molecule has 1 heterocycles. The Labute approximate surface area is 87.9 Å². The molecule has 1 aromatic carbocycles. The maximum Gasteiger partial charge on any atom is 0.418 e. The number of alkyl halides is 3. The highest BCUT2D eigenvalue weighted by Crippen LogP contribution is 2.41. The van der Waals surface area contributed by atoms with E-state index in [1.807, 2.05) is 0 Å². The molecule has 0 saturated carbocycles. The second kappa shape index (κ2) is 3.44. The molecule has 0 unspecified atom stereocenters. The summed E-state index contributed by atoms with van der Waals surface area (Å²) in [5.74, 6) is 0. The van der Waals surface area contributed by atoms with Crippen LogP contribution in [0.15, 0.2) is 23.1 Å². The van der Waals surface area contributed by atoms with Crippen LogP contribution in [0.2, 0.25) is 0 Å². The standard InChI is InChI=1S/C9H6F3NOS/c10-9(11,12)5-2-1-3-6-8(5)13-4-7(14)15-6/h1-3,13H,4H2. The summed E-state index contributed by atoms with van der Waals surface area (Å²) in [5.41, 5.74) is -0.713. The van der Waals surface area contributed by atoms with E-state index in [2.05, 4.69) is 5.32 Å². The number of carbonyl (C=O) groups is 1. The van der Waals surface area contributed by atoms with Crippen LogP contribution in [0.3, 0.4) is 0 Å². The van der Waals surface area contributed by atoms with Crippen molar-refractivity contribution in [3.05, 3.63) is 23.8 Å². The summed E-state index contributed by atoms with van der Waals surface area (Å²) in [6.07, 6.45) is -4.39. The quantitative estimate of drug-likeness (QED) is 0.747. The third-order valence-corrected chi connectivity index (χ3v) is 2.90. The molecule has 0 aliphatic carbocycles. The predicted molar refractivity (Wildman–Crippen MR) is 50.8 cm³/mol. The third kappa shape index (κ3) is 1.94. The predicted octanol–water partition coefficient (Wildman–Crippen LogP) is 2.75. The second-order valence-corrected chi connectivity index (χ2v) is 4.10. The summed E-state index contributed by atoms with van der Waals surface area (Å²) in [4.78, 5) is 11.3. The van der Waals surface area contributed by atoms with Crippen molar-refractivity contribution in [1.29, 1.82) is 0 Å². The van der Waals surface area contributed by atoms with Crippen molar-refractivity contribution >= 4 is 22.6 Å². The van der Waals surface area contributed by atoms with E-state index in [-0.39, 0.29) is 17.3 Å². The van der Waals surface area contributed by atoms with Crippen molar-refractivity contribution < 1.29 is 18.0 Å². The molecule has 1 aliphatic heterocycles. The molecule has 2 nitrogen and oxygen atoms in total. The van der Waals surface area contributed by atoms with Gasteiger partial charge in [0.05, 0.1) is 17.8 Å². The van der Waals surface area contributed by atoms with Crippen molar-refractivity contribution in [2.24, 2.45) is 0 Å². The summed E-state index contributed by atoms with van der Waals surface area (Å²) in [6, 6.07) is 3.80. The Morgan fingerprint density at radius 1 is 1.33 bits per heavy atom. The van der Waals surface area contributed by atoms with Crippen LogP contribution in [0, 0.1) is 0 Å². The lowest BCUT2D eigenvalue weighted by Gasteiger charge is -2.20. The molecule has 80 valence electrons. The fourth-order valence-electron chi connectivity index (χ4n) is 1.35. The highest BCUT2D eigenvalue weighted by Gasteiger charge is 2.35. The Kier molecular flexibility index (Phi) is 2.38. The number of fused-ring (bicyclic) bond motifs is 1. The summed E-state index contributed by atoms with van der Waals surface area (Å²) >= 11 is 0.841. The molecule has 1 aliphatic rings. The summed E-state index contributed by atoms with van der Waals surface area (Å²) in [6.45, 7) is -0.0647. The number of thioether (sulfide) groups is 1. The first-order chi connectivity index (χ1) is 6.98. The molecule has 0 radical (unpaired) electrons. The summed E-state index contributed by atoms with van der Waals surface area (Å²) < 4.78 is 37.6. The molecule has 0 bridgehead atoms. The van der Waals surface area contributed by atoms with Gasteiger partial charge in [-0.25, -0.2) is 0 Å². The van der Waals surface area contributed by atoms with Gasteiger partial charge in [-0.1, -0.05) is 6.07 Å². The minimum Gasteiger partial charge on any atom is -0.376 e. The zero-order valence-corrected chi connectivity index (χ0v) is 8.21. The average molecular weight is 233 g/mol. The van der Waals surface area contributed by atoms with Gasteiger partial charge < -0.3 is 5.32 Å². The van der Waals surface area contributed by atoms with Gasteiger partial charge in [-0.05, 0) is 23.9 Å². The first-order valence-corrected chi connectivity index (χ1v) is 4.95. The van der Waals surface area contributed by atoms with Gasteiger partial charge in [-0.2, -0.15) is 13.2 Å². The molecule has 2 rings (SSSR count). The van der Waals surface area contributed by atoms with E-state index in [4.69, 9.17) is 0 Å². The van der Waals surface area contributed by atoms with Crippen LogP contribution in [0.1, 0.15) is 5.56 Å². The van der Waals surface area contributed by atoms with Crippen LogP contribution in [0.5, 0.6) is 0 Å². The Morgan fingerprint density at radius 2 is 2.07 bits per heavy atom.